The minimum absolute atomic E-state index is 0.129. The van der Waals surface area contributed by atoms with Crippen LogP contribution in [0.4, 0.5) is 9.18 Å². The first-order chi connectivity index (χ1) is 15.4. The topological polar surface area (TPSA) is 58.6 Å². The van der Waals surface area contributed by atoms with Crippen molar-refractivity contribution in [3.05, 3.63) is 102 Å². The van der Waals surface area contributed by atoms with E-state index in [0.717, 1.165) is 28.9 Å². The summed E-state index contributed by atoms with van der Waals surface area (Å²) in [5.41, 5.74) is 2.25. The molecule has 0 aromatic heterocycles. The second-order valence-electron chi connectivity index (χ2n) is 7.06. The third kappa shape index (κ3) is 5.12. The monoisotopic (exact) mass is 654 g/mol. The van der Waals surface area contributed by atoms with E-state index in [0.29, 0.717) is 6.61 Å². The fourth-order valence-electron chi connectivity index (χ4n) is 3.21. The van der Waals surface area contributed by atoms with Crippen LogP contribution in [0.3, 0.4) is 0 Å². The molecular formula is C24H17FI2N2O3. The Morgan fingerprint density at radius 3 is 2.31 bits per heavy atom. The molecule has 162 valence electrons. The molecule has 3 aromatic rings. The summed E-state index contributed by atoms with van der Waals surface area (Å²) < 4.78 is 21.7. The largest absolute Gasteiger partial charge is 0.487 e. The molecule has 4 rings (SSSR count). The Morgan fingerprint density at radius 2 is 1.62 bits per heavy atom. The van der Waals surface area contributed by atoms with Crippen molar-refractivity contribution in [2.75, 3.05) is 0 Å². The van der Waals surface area contributed by atoms with Crippen molar-refractivity contribution in [1.82, 2.24) is 10.2 Å². The highest BCUT2D eigenvalue weighted by Gasteiger charge is 2.34. The summed E-state index contributed by atoms with van der Waals surface area (Å²) in [6.45, 7) is 0.322. The van der Waals surface area contributed by atoms with Gasteiger partial charge in [-0.25, -0.2) is 9.18 Å². The van der Waals surface area contributed by atoms with Crippen molar-refractivity contribution in [3.8, 4) is 5.75 Å². The fourth-order valence-corrected chi connectivity index (χ4v) is 5.34. The van der Waals surface area contributed by atoms with Crippen LogP contribution in [0, 0.1) is 13.0 Å². The highest BCUT2D eigenvalue weighted by atomic mass is 127. The van der Waals surface area contributed by atoms with Gasteiger partial charge in [0.05, 0.1) is 13.7 Å². The zero-order valence-electron chi connectivity index (χ0n) is 16.6. The van der Waals surface area contributed by atoms with Gasteiger partial charge < -0.3 is 10.1 Å². The minimum atomic E-state index is -0.572. The summed E-state index contributed by atoms with van der Waals surface area (Å²) in [4.78, 5) is 26.1. The van der Waals surface area contributed by atoms with Crippen molar-refractivity contribution < 1.29 is 18.7 Å². The lowest BCUT2D eigenvalue weighted by molar-refractivity contribution is -0.123. The number of urea groups is 1. The lowest BCUT2D eigenvalue weighted by Gasteiger charge is -2.12. The SMILES string of the molecule is O=C1N/C(=C/c2cc(I)c(OCc3ccccc3)c(I)c2)C(=O)N1Cc1ccccc1F. The van der Waals surface area contributed by atoms with Crippen molar-refractivity contribution >= 4 is 63.2 Å². The van der Waals surface area contributed by atoms with Gasteiger partial charge >= 0.3 is 6.03 Å². The van der Waals surface area contributed by atoms with Crippen LogP contribution in [0.25, 0.3) is 6.08 Å². The van der Waals surface area contributed by atoms with E-state index in [2.05, 4.69) is 50.5 Å². The van der Waals surface area contributed by atoms with Gasteiger partial charge in [-0.15, -0.1) is 0 Å². The normalized spacial score (nSPS) is 14.7. The van der Waals surface area contributed by atoms with Crippen LogP contribution in [0.5, 0.6) is 5.75 Å². The number of carbonyl (C=O) groups excluding carboxylic acids is 2. The zero-order valence-corrected chi connectivity index (χ0v) is 21.0. The summed E-state index contributed by atoms with van der Waals surface area (Å²) >= 11 is 4.38. The lowest BCUT2D eigenvalue weighted by atomic mass is 10.1. The number of amides is 3. The molecule has 1 fully saturated rings. The van der Waals surface area contributed by atoms with Crippen molar-refractivity contribution in [1.29, 1.82) is 0 Å². The number of ether oxygens (including phenoxy) is 1. The van der Waals surface area contributed by atoms with Gasteiger partial charge in [-0.05, 0) is 80.6 Å². The molecular weight excluding hydrogens is 637 g/mol. The molecule has 0 radical (unpaired) electrons. The molecule has 0 unspecified atom stereocenters. The number of halogens is 3. The number of benzene rings is 3. The van der Waals surface area contributed by atoms with Crippen LogP contribution >= 0.6 is 45.2 Å². The predicted octanol–water partition coefficient (Wildman–Crippen LogP) is 5.71. The molecule has 1 aliphatic heterocycles. The number of nitrogens with zero attached hydrogens (tertiary/aromatic N) is 1. The molecule has 0 spiro atoms. The Kier molecular flexibility index (Phi) is 7.09. The highest BCUT2D eigenvalue weighted by Crippen LogP contribution is 2.31. The molecule has 1 saturated heterocycles. The minimum Gasteiger partial charge on any atom is -0.487 e. The number of nitrogens with one attached hydrogen (secondary N) is 1. The molecule has 0 atom stereocenters. The van der Waals surface area contributed by atoms with Crippen LogP contribution in [0.1, 0.15) is 16.7 Å². The van der Waals surface area contributed by atoms with Crippen LogP contribution in [-0.2, 0) is 17.9 Å². The molecule has 0 aliphatic carbocycles. The van der Waals surface area contributed by atoms with Crippen molar-refractivity contribution in [2.45, 2.75) is 13.2 Å². The van der Waals surface area contributed by atoms with Gasteiger partial charge in [-0.3, -0.25) is 9.69 Å². The van der Waals surface area contributed by atoms with Gasteiger partial charge in [0.1, 0.15) is 23.9 Å². The van der Waals surface area contributed by atoms with Crippen molar-refractivity contribution in [3.63, 3.8) is 0 Å². The first-order valence-electron chi connectivity index (χ1n) is 9.66. The van der Waals surface area contributed by atoms with E-state index in [4.69, 9.17) is 4.74 Å². The van der Waals surface area contributed by atoms with E-state index in [1.165, 1.54) is 6.07 Å². The smallest absolute Gasteiger partial charge is 0.329 e. The maximum absolute atomic E-state index is 13.9. The van der Waals surface area contributed by atoms with Crippen LogP contribution in [0.15, 0.2) is 72.4 Å². The Balaban J connectivity index is 1.51. The molecule has 1 heterocycles. The summed E-state index contributed by atoms with van der Waals surface area (Å²) in [6, 6.07) is 19.2. The Labute approximate surface area is 211 Å². The molecule has 1 aliphatic rings. The van der Waals surface area contributed by atoms with E-state index in [1.54, 1.807) is 24.3 Å². The summed E-state index contributed by atoms with van der Waals surface area (Å²) in [5.74, 6) is -0.187. The number of hydrogen-bond donors (Lipinski definition) is 1. The Bertz CT molecular complexity index is 1190. The molecule has 0 saturated carbocycles. The average molecular weight is 654 g/mol. The number of imide groups is 1. The van der Waals surface area contributed by atoms with Crippen LogP contribution in [0.2, 0.25) is 0 Å². The van der Waals surface area contributed by atoms with Crippen LogP contribution in [-0.4, -0.2) is 16.8 Å². The number of carbonyl (C=O) groups is 2. The van der Waals surface area contributed by atoms with Crippen LogP contribution < -0.4 is 10.1 Å². The Morgan fingerprint density at radius 1 is 0.969 bits per heavy atom. The molecule has 5 nitrogen and oxygen atoms in total. The molecule has 32 heavy (non-hydrogen) atoms. The first kappa shape index (κ1) is 22.7. The van der Waals surface area contributed by atoms with Gasteiger partial charge in [0.2, 0.25) is 0 Å². The number of rotatable bonds is 6. The van der Waals surface area contributed by atoms with Gasteiger partial charge in [0, 0.05) is 5.56 Å². The second-order valence-corrected chi connectivity index (χ2v) is 9.38. The lowest BCUT2D eigenvalue weighted by Crippen LogP contribution is -2.30. The molecule has 0 bridgehead atoms. The van der Waals surface area contributed by atoms with Crippen molar-refractivity contribution in [2.24, 2.45) is 0 Å². The molecule has 1 N–H and O–H groups in total. The van der Waals surface area contributed by atoms with E-state index in [9.17, 15) is 14.0 Å². The summed E-state index contributed by atoms with van der Waals surface area (Å²) in [5, 5.41) is 2.58. The number of hydrogen-bond acceptors (Lipinski definition) is 3. The highest BCUT2D eigenvalue weighted by molar-refractivity contribution is 14.1. The third-order valence-corrected chi connectivity index (χ3v) is 6.41. The van der Waals surface area contributed by atoms with E-state index in [-0.39, 0.29) is 17.8 Å². The van der Waals surface area contributed by atoms with Gasteiger partial charge in [0.25, 0.3) is 5.91 Å². The van der Waals surface area contributed by atoms with E-state index < -0.39 is 17.8 Å². The standard InChI is InChI=1S/C24H17FI2N2O3/c25-18-9-5-4-8-17(18)13-29-23(30)21(28-24(29)31)12-16-10-19(26)22(20(27)11-16)32-14-15-6-2-1-3-7-15/h1-12H,13-14H2,(H,28,31)/b21-12+. The summed E-state index contributed by atoms with van der Waals surface area (Å²) in [7, 11) is 0. The van der Waals surface area contributed by atoms with Gasteiger partial charge in [0.15, 0.2) is 0 Å². The second kappa shape index (κ2) is 9.99. The first-order valence-corrected chi connectivity index (χ1v) is 11.8. The third-order valence-electron chi connectivity index (χ3n) is 4.81. The quantitative estimate of drug-likeness (QED) is 0.211. The maximum Gasteiger partial charge on any atom is 0.329 e. The van der Waals surface area contributed by atoms with E-state index in [1.807, 2.05) is 42.5 Å². The predicted molar refractivity (Wildman–Crippen MR) is 136 cm³/mol. The molecule has 3 amide bonds. The Hall–Kier alpha value is -2.47. The fraction of sp³-hybridized carbons (Fsp3) is 0.0833. The summed E-state index contributed by atoms with van der Waals surface area (Å²) in [6.07, 6.45) is 1.62. The molecule has 3 aromatic carbocycles. The zero-order chi connectivity index (χ0) is 22.7. The van der Waals surface area contributed by atoms with Gasteiger partial charge in [-0.1, -0.05) is 48.5 Å². The van der Waals surface area contributed by atoms with Gasteiger partial charge in [-0.2, -0.15) is 0 Å². The van der Waals surface area contributed by atoms with E-state index >= 15 is 0 Å². The average Bonchev–Trinajstić information content (AvgIpc) is 3.02. The maximum atomic E-state index is 13.9. The molecule has 8 heteroatoms.